The summed E-state index contributed by atoms with van der Waals surface area (Å²) >= 11 is 0. The number of Topliss-reactive ketones (excluding diaryl/α,β-unsaturated/α-hetero) is 1. The van der Waals surface area contributed by atoms with Crippen LogP contribution in [0.4, 0.5) is 5.69 Å². The summed E-state index contributed by atoms with van der Waals surface area (Å²) in [7, 11) is 0. The summed E-state index contributed by atoms with van der Waals surface area (Å²) in [6.45, 7) is 6.57. The van der Waals surface area contributed by atoms with E-state index in [0.717, 1.165) is 19.5 Å². The third kappa shape index (κ3) is 3.63. The lowest BCUT2D eigenvalue weighted by Crippen LogP contribution is -2.42. The molecule has 0 aliphatic carbocycles. The van der Waals surface area contributed by atoms with Crippen LogP contribution in [0.15, 0.2) is 24.3 Å². The SMILES string of the molecule is CC1(C)CCCN(CC(=O)c2cccc([N+](=O)[O-])c2)C1. The first kappa shape index (κ1) is 14.7. The molecule has 20 heavy (non-hydrogen) atoms. The highest BCUT2D eigenvalue weighted by molar-refractivity contribution is 5.98. The number of hydrogen-bond acceptors (Lipinski definition) is 4. The molecule has 0 unspecified atom stereocenters. The van der Waals surface area contributed by atoms with Crippen molar-refractivity contribution in [3.05, 3.63) is 39.9 Å². The molecule has 5 heteroatoms. The normalized spacial score (nSPS) is 18.7. The molecule has 1 aromatic rings. The molecular formula is C15H20N2O3. The molecule has 1 saturated heterocycles. The molecule has 108 valence electrons. The number of nitrogens with zero attached hydrogens (tertiary/aromatic N) is 2. The zero-order valence-corrected chi connectivity index (χ0v) is 12.0. The Morgan fingerprint density at radius 1 is 1.45 bits per heavy atom. The van der Waals surface area contributed by atoms with Gasteiger partial charge in [0.1, 0.15) is 0 Å². The Kier molecular flexibility index (Phi) is 4.18. The van der Waals surface area contributed by atoms with E-state index < -0.39 is 4.92 Å². The van der Waals surface area contributed by atoms with Crippen LogP contribution in [0.3, 0.4) is 0 Å². The van der Waals surface area contributed by atoms with Crippen molar-refractivity contribution in [3.63, 3.8) is 0 Å². The minimum Gasteiger partial charge on any atom is -0.295 e. The summed E-state index contributed by atoms with van der Waals surface area (Å²) in [6, 6.07) is 5.97. The van der Waals surface area contributed by atoms with Crippen LogP contribution in [0.1, 0.15) is 37.0 Å². The lowest BCUT2D eigenvalue weighted by atomic mass is 9.84. The third-order valence-corrected chi connectivity index (χ3v) is 3.73. The first-order valence-electron chi connectivity index (χ1n) is 6.87. The molecule has 1 aliphatic heterocycles. The topological polar surface area (TPSA) is 63.5 Å². The summed E-state index contributed by atoms with van der Waals surface area (Å²) in [4.78, 5) is 24.6. The maximum Gasteiger partial charge on any atom is 0.270 e. The highest BCUT2D eigenvalue weighted by Gasteiger charge is 2.27. The van der Waals surface area contributed by atoms with Crippen molar-refractivity contribution in [3.8, 4) is 0 Å². The van der Waals surface area contributed by atoms with Crippen molar-refractivity contribution in [2.75, 3.05) is 19.6 Å². The molecule has 1 fully saturated rings. The summed E-state index contributed by atoms with van der Waals surface area (Å²) < 4.78 is 0. The predicted molar refractivity (Wildman–Crippen MR) is 76.9 cm³/mol. The predicted octanol–water partition coefficient (Wildman–Crippen LogP) is 2.90. The molecule has 5 nitrogen and oxygen atoms in total. The Balaban J connectivity index is 2.05. The van der Waals surface area contributed by atoms with E-state index in [1.165, 1.54) is 18.6 Å². The van der Waals surface area contributed by atoms with E-state index in [9.17, 15) is 14.9 Å². The van der Waals surface area contributed by atoms with Gasteiger partial charge in [-0.15, -0.1) is 0 Å². The number of carbonyl (C=O) groups is 1. The standard InChI is InChI=1S/C15H20N2O3/c1-15(2)7-4-8-16(11-15)10-14(18)12-5-3-6-13(9-12)17(19)20/h3,5-6,9H,4,7-8,10-11H2,1-2H3. The first-order chi connectivity index (χ1) is 9.37. The zero-order chi connectivity index (χ0) is 14.8. The van der Waals surface area contributed by atoms with Crippen LogP contribution >= 0.6 is 0 Å². The van der Waals surface area contributed by atoms with Crippen molar-refractivity contribution in [1.29, 1.82) is 0 Å². The average Bonchev–Trinajstić information content (AvgIpc) is 2.37. The van der Waals surface area contributed by atoms with Gasteiger partial charge in [0.25, 0.3) is 5.69 Å². The molecule has 0 saturated carbocycles. The molecule has 0 radical (unpaired) electrons. The van der Waals surface area contributed by atoms with Crippen molar-refractivity contribution in [2.24, 2.45) is 5.41 Å². The van der Waals surface area contributed by atoms with Crippen LogP contribution in [0.2, 0.25) is 0 Å². The monoisotopic (exact) mass is 276 g/mol. The molecule has 0 N–H and O–H groups in total. The Labute approximate surface area is 118 Å². The number of likely N-dealkylation sites (tertiary alicyclic amines) is 1. The van der Waals surface area contributed by atoms with Crippen LogP contribution < -0.4 is 0 Å². The molecule has 1 aliphatic rings. The van der Waals surface area contributed by atoms with E-state index in [1.54, 1.807) is 12.1 Å². The zero-order valence-electron chi connectivity index (χ0n) is 12.0. The van der Waals surface area contributed by atoms with E-state index in [4.69, 9.17) is 0 Å². The quantitative estimate of drug-likeness (QED) is 0.482. The molecule has 1 aromatic carbocycles. The Hall–Kier alpha value is -1.75. The lowest BCUT2D eigenvalue weighted by Gasteiger charge is -2.37. The van der Waals surface area contributed by atoms with E-state index in [2.05, 4.69) is 18.7 Å². The van der Waals surface area contributed by atoms with Crippen molar-refractivity contribution < 1.29 is 9.72 Å². The van der Waals surface area contributed by atoms with Crippen LogP contribution in [0.25, 0.3) is 0 Å². The number of hydrogen-bond donors (Lipinski definition) is 0. The van der Waals surface area contributed by atoms with Crippen LogP contribution in [-0.4, -0.2) is 35.2 Å². The number of benzene rings is 1. The van der Waals surface area contributed by atoms with Crippen molar-refractivity contribution in [2.45, 2.75) is 26.7 Å². The number of nitro benzene ring substituents is 1. The molecule has 0 bridgehead atoms. The molecule has 0 amide bonds. The molecule has 0 atom stereocenters. The number of rotatable bonds is 4. The van der Waals surface area contributed by atoms with Gasteiger partial charge >= 0.3 is 0 Å². The van der Waals surface area contributed by atoms with E-state index >= 15 is 0 Å². The Morgan fingerprint density at radius 3 is 2.85 bits per heavy atom. The smallest absolute Gasteiger partial charge is 0.270 e. The van der Waals surface area contributed by atoms with Crippen LogP contribution in [-0.2, 0) is 0 Å². The second-order valence-corrected chi connectivity index (χ2v) is 6.21. The van der Waals surface area contributed by atoms with Crippen molar-refractivity contribution in [1.82, 2.24) is 4.90 Å². The van der Waals surface area contributed by atoms with Gasteiger partial charge in [0, 0.05) is 24.2 Å². The minimum absolute atomic E-state index is 0.0326. The van der Waals surface area contributed by atoms with Gasteiger partial charge in [-0.3, -0.25) is 19.8 Å². The van der Waals surface area contributed by atoms with E-state index in [1.807, 2.05) is 0 Å². The van der Waals surface area contributed by atoms with E-state index in [-0.39, 0.29) is 16.9 Å². The van der Waals surface area contributed by atoms with Gasteiger partial charge < -0.3 is 0 Å². The number of non-ortho nitro benzene ring substituents is 1. The fourth-order valence-electron chi connectivity index (χ4n) is 2.77. The van der Waals surface area contributed by atoms with E-state index in [0.29, 0.717) is 12.1 Å². The maximum atomic E-state index is 12.2. The van der Waals surface area contributed by atoms with Crippen molar-refractivity contribution >= 4 is 11.5 Å². The van der Waals surface area contributed by atoms with Crippen LogP contribution in [0, 0.1) is 15.5 Å². The molecule has 0 aromatic heterocycles. The summed E-state index contributed by atoms with van der Waals surface area (Å²) in [5, 5.41) is 10.7. The molecule has 1 heterocycles. The van der Waals surface area contributed by atoms with Crippen LogP contribution in [0.5, 0.6) is 0 Å². The maximum absolute atomic E-state index is 12.2. The summed E-state index contributed by atoms with van der Waals surface area (Å²) in [6.07, 6.45) is 2.27. The summed E-state index contributed by atoms with van der Waals surface area (Å²) in [5.74, 6) is -0.0496. The third-order valence-electron chi connectivity index (χ3n) is 3.73. The number of piperidine rings is 1. The van der Waals surface area contributed by atoms with Gasteiger partial charge in [-0.05, 0) is 24.8 Å². The second kappa shape index (κ2) is 5.71. The molecule has 2 rings (SSSR count). The number of ketones is 1. The highest BCUT2D eigenvalue weighted by atomic mass is 16.6. The molecular weight excluding hydrogens is 256 g/mol. The fourth-order valence-corrected chi connectivity index (χ4v) is 2.77. The van der Waals surface area contributed by atoms with Gasteiger partial charge in [-0.1, -0.05) is 26.0 Å². The lowest BCUT2D eigenvalue weighted by molar-refractivity contribution is -0.384. The van der Waals surface area contributed by atoms with Gasteiger partial charge in [0.2, 0.25) is 0 Å². The van der Waals surface area contributed by atoms with Gasteiger partial charge in [0.15, 0.2) is 5.78 Å². The van der Waals surface area contributed by atoms with Gasteiger partial charge in [-0.2, -0.15) is 0 Å². The fraction of sp³-hybridized carbons (Fsp3) is 0.533. The average molecular weight is 276 g/mol. The minimum atomic E-state index is -0.471. The largest absolute Gasteiger partial charge is 0.295 e. The first-order valence-corrected chi connectivity index (χ1v) is 6.87. The number of nitro groups is 1. The molecule has 0 spiro atoms. The second-order valence-electron chi connectivity index (χ2n) is 6.21. The highest BCUT2D eigenvalue weighted by Crippen LogP contribution is 2.28. The van der Waals surface area contributed by atoms with Gasteiger partial charge in [0.05, 0.1) is 11.5 Å². The Morgan fingerprint density at radius 2 is 2.20 bits per heavy atom. The number of carbonyl (C=O) groups excluding carboxylic acids is 1. The Bertz CT molecular complexity index is 526. The van der Waals surface area contributed by atoms with Gasteiger partial charge in [-0.25, -0.2) is 0 Å². The summed E-state index contributed by atoms with van der Waals surface area (Å²) in [5.41, 5.74) is 0.624.